The number of hydrogen-bond donors (Lipinski definition) is 1. The normalized spacial score (nSPS) is 10.3. The predicted molar refractivity (Wildman–Crippen MR) is 72.1 cm³/mol. The van der Waals surface area contributed by atoms with E-state index in [1.54, 1.807) is 16.9 Å². The molecule has 2 rings (SSSR count). The average molecular weight is 284 g/mol. The van der Waals surface area contributed by atoms with Crippen molar-refractivity contribution in [3.8, 4) is 0 Å². The third kappa shape index (κ3) is 3.48. The number of rotatable bonds is 4. The second-order valence-corrected chi connectivity index (χ2v) is 4.41. The fourth-order valence-corrected chi connectivity index (χ4v) is 1.79. The SMILES string of the molecule is O=C(CCl)Nc1ccn(Cc2cccc(Cl)c2)n1. The van der Waals surface area contributed by atoms with Crippen LogP contribution in [0.3, 0.4) is 0 Å². The highest BCUT2D eigenvalue weighted by atomic mass is 35.5. The molecule has 0 fully saturated rings. The zero-order chi connectivity index (χ0) is 13.0. The van der Waals surface area contributed by atoms with Crippen LogP contribution >= 0.6 is 23.2 Å². The minimum atomic E-state index is -0.273. The van der Waals surface area contributed by atoms with Crippen LogP contribution < -0.4 is 5.32 Å². The molecule has 4 nitrogen and oxygen atoms in total. The Morgan fingerprint density at radius 3 is 2.94 bits per heavy atom. The van der Waals surface area contributed by atoms with Gasteiger partial charge in [-0.2, -0.15) is 5.10 Å². The highest BCUT2D eigenvalue weighted by molar-refractivity contribution is 6.30. The van der Waals surface area contributed by atoms with Crippen LogP contribution in [0.15, 0.2) is 36.5 Å². The first-order chi connectivity index (χ1) is 8.67. The molecule has 0 saturated carbocycles. The van der Waals surface area contributed by atoms with Crippen LogP contribution in [0.4, 0.5) is 5.82 Å². The van der Waals surface area contributed by atoms with E-state index in [0.717, 1.165) is 5.56 Å². The number of amides is 1. The topological polar surface area (TPSA) is 46.9 Å². The van der Waals surface area contributed by atoms with Crippen molar-refractivity contribution in [2.24, 2.45) is 0 Å². The molecule has 0 aliphatic carbocycles. The van der Waals surface area contributed by atoms with E-state index in [1.807, 2.05) is 24.3 Å². The number of benzene rings is 1. The fraction of sp³-hybridized carbons (Fsp3) is 0.167. The molecule has 0 radical (unpaired) electrons. The van der Waals surface area contributed by atoms with Crippen molar-refractivity contribution in [2.75, 3.05) is 11.2 Å². The maximum absolute atomic E-state index is 11.1. The van der Waals surface area contributed by atoms with Gasteiger partial charge in [0.15, 0.2) is 5.82 Å². The Kier molecular flexibility index (Phi) is 4.23. The van der Waals surface area contributed by atoms with E-state index in [-0.39, 0.29) is 11.8 Å². The smallest absolute Gasteiger partial charge is 0.240 e. The van der Waals surface area contributed by atoms with E-state index in [4.69, 9.17) is 23.2 Å². The lowest BCUT2D eigenvalue weighted by Crippen LogP contribution is -2.13. The van der Waals surface area contributed by atoms with E-state index in [9.17, 15) is 4.79 Å². The number of carbonyl (C=O) groups is 1. The molecular formula is C12H11Cl2N3O. The summed E-state index contributed by atoms with van der Waals surface area (Å²) in [5, 5.41) is 7.48. The van der Waals surface area contributed by atoms with Gasteiger partial charge in [-0.15, -0.1) is 11.6 Å². The Hall–Kier alpha value is -1.52. The summed E-state index contributed by atoms with van der Waals surface area (Å²) in [5.41, 5.74) is 1.04. The lowest BCUT2D eigenvalue weighted by molar-refractivity contribution is -0.113. The van der Waals surface area contributed by atoms with Crippen molar-refractivity contribution in [2.45, 2.75) is 6.54 Å². The number of aromatic nitrogens is 2. The van der Waals surface area contributed by atoms with Crippen molar-refractivity contribution >= 4 is 34.9 Å². The molecule has 0 saturated heterocycles. The maximum Gasteiger partial charge on any atom is 0.240 e. The largest absolute Gasteiger partial charge is 0.308 e. The third-order valence-corrected chi connectivity index (χ3v) is 2.74. The first kappa shape index (κ1) is 12.9. The highest BCUT2D eigenvalue weighted by Crippen LogP contribution is 2.12. The molecule has 0 unspecified atom stereocenters. The molecule has 0 spiro atoms. The lowest BCUT2D eigenvalue weighted by atomic mass is 10.2. The first-order valence-corrected chi connectivity index (χ1v) is 6.22. The molecule has 1 heterocycles. The fourth-order valence-electron chi connectivity index (χ4n) is 1.52. The Bertz CT molecular complexity index is 554. The Balaban J connectivity index is 2.04. The van der Waals surface area contributed by atoms with Crippen molar-refractivity contribution in [3.05, 3.63) is 47.1 Å². The summed E-state index contributed by atoms with van der Waals surface area (Å²) in [6.45, 7) is 0.595. The van der Waals surface area contributed by atoms with Crippen molar-refractivity contribution in [3.63, 3.8) is 0 Å². The molecule has 1 aromatic carbocycles. The van der Waals surface area contributed by atoms with E-state index >= 15 is 0 Å². The van der Waals surface area contributed by atoms with Gasteiger partial charge < -0.3 is 5.32 Å². The monoisotopic (exact) mass is 283 g/mol. The number of anilines is 1. The summed E-state index contributed by atoms with van der Waals surface area (Å²) in [6, 6.07) is 9.26. The van der Waals surface area contributed by atoms with Gasteiger partial charge in [0.1, 0.15) is 5.88 Å². The summed E-state index contributed by atoms with van der Waals surface area (Å²) < 4.78 is 1.72. The van der Waals surface area contributed by atoms with Crippen LogP contribution in [-0.4, -0.2) is 21.6 Å². The average Bonchev–Trinajstić information content (AvgIpc) is 2.76. The summed E-state index contributed by atoms with van der Waals surface area (Å²) >= 11 is 11.3. The summed E-state index contributed by atoms with van der Waals surface area (Å²) in [4.78, 5) is 11.1. The zero-order valence-corrected chi connectivity index (χ0v) is 10.9. The standard InChI is InChI=1S/C12H11Cl2N3O/c13-7-12(18)15-11-4-5-17(16-11)8-9-2-1-3-10(14)6-9/h1-6H,7-8H2,(H,15,16,18). The number of nitrogens with one attached hydrogen (secondary N) is 1. The van der Waals surface area contributed by atoms with Crippen LogP contribution in [0.2, 0.25) is 5.02 Å². The Morgan fingerprint density at radius 2 is 2.22 bits per heavy atom. The zero-order valence-electron chi connectivity index (χ0n) is 9.44. The number of nitrogens with zero attached hydrogens (tertiary/aromatic N) is 2. The number of hydrogen-bond acceptors (Lipinski definition) is 2. The van der Waals surface area contributed by atoms with Gasteiger partial charge in [0, 0.05) is 17.3 Å². The molecular weight excluding hydrogens is 273 g/mol. The van der Waals surface area contributed by atoms with Gasteiger partial charge in [-0.3, -0.25) is 9.48 Å². The van der Waals surface area contributed by atoms with Gasteiger partial charge in [-0.1, -0.05) is 23.7 Å². The maximum atomic E-state index is 11.1. The second-order valence-electron chi connectivity index (χ2n) is 3.71. The molecule has 1 N–H and O–H groups in total. The molecule has 1 amide bonds. The molecule has 0 atom stereocenters. The van der Waals surface area contributed by atoms with Gasteiger partial charge in [0.25, 0.3) is 0 Å². The third-order valence-electron chi connectivity index (χ3n) is 2.26. The lowest BCUT2D eigenvalue weighted by Gasteiger charge is -2.02. The van der Waals surface area contributed by atoms with Gasteiger partial charge in [-0.05, 0) is 17.7 Å². The molecule has 0 aliphatic heterocycles. The van der Waals surface area contributed by atoms with Crippen LogP contribution in [0, 0.1) is 0 Å². The van der Waals surface area contributed by atoms with E-state index < -0.39 is 0 Å². The van der Waals surface area contributed by atoms with E-state index in [2.05, 4.69) is 10.4 Å². The van der Waals surface area contributed by atoms with Crippen LogP contribution in [0.5, 0.6) is 0 Å². The quantitative estimate of drug-likeness (QED) is 0.877. The molecule has 0 aliphatic rings. The minimum Gasteiger partial charge on any atom is -0.308 e. The Labute approximate surface area is 115 Å². The van der Waals surface area contributed by atoms with Gasteiger partial charge in [0.2, 0.25) is 5.91 Å². The number of halogens is 2. The summed E-state index contributed by atoms with van der Waals surface area (Å²) in [5.74, 6) is 0.133. The highest BCUT2D eigenvalue weighted by Gasteiger charge is 2.04. The summed E-state index contributed by atoms with van der Waals surface area (Å²) in [7, 11) is 0. The van der Waals surface area contributed by atoms with Crippen molar-refractivity contribution in [1.82, 2.24) is 9.78 Å². The number of carbonyl (C=O) groups excluding carboxylic acids is 1. The molecule has 2 aromatic rings. The molecule has 94 valence electrons. The summed E-state index contributed by atoms with van der Waals surface area (Å²) in [6.07, 6.45) is 1.78. The van der Waals surface area contributed by atoms with Gasteiger partial charge >= 0.3 is 0 Å². The van der Waals surface area contributed by atoms with Gasteiger partial charge in [0.05, 0.1) is 6.54 Å². The van der Waals surface area contributed by atoms with Gasteiger partial charge in [-0.25, -0.2) is 0 Å². The molecule has 6 heteroatoms. The second kappa shape index (κ2) is 5.89. The molecule has 1 aromatic heterocycles. The number of alkyl halides is 1. The van der Waals surface area contributed by atoms with Crippen LogP contribution in [-0.2, 0) is 11.3 Å². The predicted octanol–water partition coefficient (Wildman–Crippen LogP) is 2.76. The minimum absolute atomic E-state index is 0.0822. The Morgan fingerprint density at radius 1 is 1.39 bits per heavy atom. The van der Waals surface area contributed by atoms with Crippen LogP contribution in [0.25, 0.3) is 0 Å². The van der Waals surface area contributed by atoms with E-state index in [0.29, 0.717) is 17.4 Å². The van der Waals surface area contributed by atoms with Crippen LogP contribution in [0.1, 0.15) is 5.56 Å². The first-order valence-electron chi connectivity index (χ1n) is 5.31. The van der Waals surface area contributed by atoms with Crippen molar-refractivity contribution in [1.29, 1.82) is 0 Å². The molecule has 0 bridgehead atoms. The van der Waals surface area contributed by atoms with Crippen molar-refractivity contribution < 1.29 is 4.79 Å². The van der Waals surface area contributed by atoms with E-state index in [1.165, 1.54) is 0 Å². The molecule has 18 heavy (non-hydrogen) atoms.